The van der Waals surface area contributed by atoms with Crippen molar-refractivity contribution in [2.75, 3.05) is 12.8 Å². The van der Waals surface area contributed by atoms with Gasteiger partial charge in [0.1, 0.15) is 12.7 Å². The van der Waals surface area contributed by atoms with Crippen molar-refractivity contribution in [3.8, 4) is 0 Å². The van der Waals surface area contributed by atoms with Crippen molar-refractivity contribution in [1.82, 2.24) is 20.1 Å². The highest BCUT2D eigenvalue weighted by Gasteiger charge is 2.12. The Hall–Kier alpha value is -1.53. The van der Waals surface area contributed by atoms with E-state index < -0.39 is 0 Å². The predicted octanol–water partition coefficient (Wildman–Crippen LogP) is 2.54. The summed E-state index contributed by atoms with van der Waals surface area (Å²) in [5.74, 6) is 0.00609. The lowest BCUT2D eigenvalue weighted by Gasteiger charge is -2.16. The second-order valence-corrected chi connectivity index (χ2v) is 5.97. The van der Waals surface area contributed by atoms with Gasteiger partial charge in [-0.05, 0) is 24.0 Å². The Balaban J connectivity index is 1.81. The molecule has 0 fully saturated rings. The number of hydrogen-bond acceptors (Lipinski definition) is 4. The summed E-state index contributed by atoms with van der Waals surface area (Å²) in [5, 5.41) is 7.82. The number of amides is 1. The fourth-order valence-corrected chi connectivity index (χ4v) is 2.77. The van der Waals surface area contributed by atoms with Gasteiger partial charge < -0.3 is 5.32 Å². The minimum Gasteiger partial charge on any atom is -0.355 e. The molecule has 0 aliphatic carbocycles. The van der Waals surface area contributed by atoms with Crippen molar-refractivity contribution >= 4 is 29.3 Å². The van der Waals surface area contributed by atoms with Crippen LogP contribution in [0.5, 0.6) is 0 Å². The van der Waals surface area contributed by atoms with Gasteiger partial charge in [0, 0.05) is 23.2 Å². The van der Waals surface area contributed by atoms with Gasteiger partial charge in [-0.1, -0.05) is 23.7 Å². The molecule has 0 saturated carbocycles. The molecule has 112 valence electrons. The number of nitrogens with one attached hydrogen (secondary N) is 1. The Kier molecular flexibility index (Phi) is 6.07. The largest absolute Gasteiger partial charge is 0.355 e. The molecule has 0 saturated heterocycles. The van der Waals surface area contributed by atoms with Crippen LogP contribution in [0.15, 0.2) is 36.9 Å². The molecule has 1 atom stereocenters. The maximum atomic E-state index is 11.8. The van der Waals surface area contributed by atoms with Crippen molar-refractivity contribution in [1.29, 1.82) is 0 Å². The molecule has 21 heavy (non-hydrogen) atoms. The summed E-state index contributed by atoms with van der Waals surface area (Å²) in [6, 6.07) is 7.73. The molecule has 0 aliphatic rings. The fraction of sp³-hybridized carbons (Fsp3) is 0.357. The first-order valence-electron chi connectivity index (χ1n) is 6.56. The molecule has 2 rings (SSSR count). The molecule has 0 aliphatic heterocycles. The Morgan fingerprint density at radius 3 is 3.05 bits per heavy atom. The first-order chi connectivity index (χ1) is 10.2. The highest BCUT2D eigenvalue weighted by atomic mass is 35.5. The molecule has 0 unspecified atom stereocenters. The van der Waals surface area contributed by atoms with Crippen LogP contribution in [0.4, 0.5) is 0 Å². The summed E-state index contributed by atoms with van der Waals surface area (Å²) in [5.41, 5.74) is 1.12. The Morgan fingerprint density at radius 1 is 1.52 bits per heavy atom. The molecule has 0 radical (unpaired) electrons. The number of halogens is 1. The molecule has 1 N–H and O–H groups in total. The number of benzene rings is 1. The van der Waals surface area contributed by atoms with E-state index in [0.717, 1.165) is 5.56 Å². The lowest BCUT2D eigenvalue weighted by atomic mass is 10.1. The van der Waals surface area contributed by atoms with E-state index in [1.165, 1.54) is 6.33 Å². The molecule has 2 aromatic rings. The number of carbonyl (C=O) groups is 1. The van der Waals surface area contributed by atoms with Crippen LogP contribution in [0, 0.1) is 0 Å². The Bertz CT molecular complexity index is 576. The molecule has 0 bridgehead atoms. The Labute approximate surface area is 133 Å². The van der Waals surface area contributed by atoms with Crippen LogP contribution in [0.2, 0.25) is 5.02 Å². The third-order valence-corrected chi connectivity index (χ3v) is 4.27. The minimum atomic E-state index is 0.00609. The zero-order valence-corrected chi connectivity index (χ0v) is 13.3. The summed E-state index contributed by atoms with van der Waals surface area (Å²) in [6.45, 7) is 1.12. The van der Waals surface area contributed by atoms with Gasteiger partial charge in [0.15, 0.2) is 0 Å². The van der Waals surface area contributed by atoms with Crippen LogP contribution in [0.3, 0.4) is 0 Å². The van der Waals surface area contributed by atoms with E-state index in [-0.39, 0.29) is 11.2 Å². The van der Waals surface area contributed by atoms with E-state index >= 15 is 0 Å². The topological polar surface area (TPSA) is 59.8 Å². The molecule has 7 heteroatoms. The van der Waals surface area contributed by atoms with E-state index in [1.807, 2.05) is 30.5 Å². The lowest BCUT2D eigenvalue weighted by molar-refractivity contribution is -0.121. The molecule has 1 aromatic carbocycles. The van der Waals surface area contributed by atoms with Crippen molar-refractivity contribution in [3.05, 3.63) is 47.5 Å². The molecule has 5 nitrogen and oxygen atoms in total. The van der Waals surface area contributed by atoms with Crippen molar-refractivity contribution in [2.45, 2.75) is 18.2 Å². The van der Waals surface area contributed by atoms with Gasteiger partial charge >= 0.3 is 0 Å². The monoisotopic (exact) mass is 324 g/mol. The number of aryl methyl sites for hydroxylation is 1. The summed E-state index contributed by atoms with van der Waals surface area (Å²) in [7, 11) is 0. The van der Waals surface area contributed by atoms with Gasteiger partial charge in [0.2, 0.25) is 5.91 Å². The average molecular weight is 325 g/mol. The van der Waals surface area contributed by atoms with Crippen LogP contribution < -0.4 is 5.32 Å². The summed E-state index contributed by atoms with van der Waals surface area (Å²) < 4.78 is 1.64. The third-order valence-electron chi connectivity index (χ3n) is 3.02. The first kappa shape index (κ1) is 15.9. The van der Waals surface area contributed by atoms with Gasteiger partial charge in [-0.2, -0.15) is 16.9 Å². The normalized spacial score (nSPS) is 12.1. The van der Waals surface area contributed by atoms with E-state index in [1.54, 1.807) is 22.8 Å². The second kappa shape index (κ2) is 8.05. The van der Waals surface area contributed by atoms with E-state index in [4.69, 9.17) is 11.6 Å². The van der Waals surface area contributed by atoms with Gasteiger partial charge in [-0.3, -0.25) is 9.48 Å². The van der Waals surface area contributed by atoms with Gasteiger partial charge in [0.25, 0.3) is 0 Å². The maximum Gasteiger partial charge on any atom is 0.221 e. The van der Waals surface area contributed by atoms with Gasteiger partial charge in [0.05, 0.1) is 6.54 Å². The SMILES string of the molecule is CS[C@H](CNC(=O)CCn1cncn1)c1cccc(Cl)c1. The molecule has 0 spiro atoms. The number of thioether (sulfide) groups is 1. The van der Waals surface area contributed by atoms with Gasteiger partial charge in [-0.25, -0.2) is 4.98 Å². The van der Waals surface area contributed by atoms with Crippen LogP contribution in [-0.4, -0.2) is 33.5 Å². The van der Waals surface area contributed by atoms with E-state index in [2.05, 4.69) is 15.4 Å². The lowest BCUT2D eigenvalue weighted by Crippen LogP contribution is -2.28. The highest BCUT2D eigenvalue weighted by molar-refractivity contribution is 7.98. The van der Waals surface area contributed by atoms with Crippen molar-refractivity contribution < 1.29 is 4.79 Å². The standard InChI is InChI=1S/C14H17ClN4OS/c1-21-13(11-3-2-4-12(15)7-11)8-17-14(20)5-6-19-10-16-9-18-19/h2-4,7,9-10,13H,5-6,8H2,1H3,(H,17,20)/t13-/m1/s1. The number of rotatable bonds is 7. The van der Waals surface area contributed by atoms with E-state index in [9.17, 15) is 4.79 Å². The maximum absolute atomic E-state index is 11.8. The Morgan fingerprint density at radius 2 is 2.38 bits per heavy atom. The van der Waals surface area contributed by atoms with Crippen LogP contribution in [0.1, 0.15) is 17.2 Å². The minimum absolute atomic E-state index is 0.00609. The smallest absolute Gasteiger partial charge is 0.221 e. The molecule has 1 amide bonds. The van der Waals surface area contributed by atoms with Crippen LogP contribution in [0.25, 0.3) is 0 Å². The highest BCUT2D eigenvalue weighted by Crippen LogP contribution is 2.27. The molecular formula is C14H17ClN4OS. The fourth-order valence-electron chi connectivity index (χ4n) is 1.90. The number of carbonyl (C=O) groups excluding carboxylic acids is 1. The first-order valence-corrected chi connectivity index (χ1v) is 8.23. The number of nitrogens with zero attached hydrogens (tertiary/aromatic N) is 3. The zero-order valence-electron chi connectivity index (χ0n) is 11.7. The number of hydrogen-bond donors (Lipinski definition) is 1. The van der Waals surface area contributed by atoms with E-state index in [0.29, 0.717) is 24.5 Å². The van der Waals surface area contributed by atoms with Crippen molar-refractivity contribution in [2.24, 2.45) is 0 Å². The van der Waals surface area contributed by atoms with Crippen LogP contribution >= 0.6 is 23.4 Å². The third kappa shape index (κ3) is 5.06. The second-order valence-electron chi connectivity index (χ2n) is 4.49. The summed E-state index contributed by atoms with van der Waals surface area (Å²) in [6.07, 6.45) is 5.47. The zero-order chi connectivity index (χ0) is 15.1. The summed E-state index contributed by atoms with van der Waals surface area (Å²) in [4.78, 5) is 15.7. The molecule has 1 aromatic heterocycles. The van der Waals surface area contributed by atoms with Crippen molar-refractivity contribution in [3.63, 3.8) is 0 Å². The molecule has 1 heterocycles. The average Bonchev–Trinajstić information content (AvgIpc) is 2.99. The predicted molar refractivity (Wildman–Crippen MR) is 85.4 cm³/mol. The molecular weight excluding hydrogens is 308 g/mol. The van der Waals surface area contributed by atoms with Crippen LogP contribution in [-0.2, 0) is 11.3 Å². The van der Waals surface area contributed by atoms with Gasteiger partial charge in [-0.15, -0.1) is 0 Å². The number of aromatic nitrogens is 3. The quantitative estimate of drug-likeness (QED) is 0.850. The summed E-state index contributed by atoms with van der Waals surface area (Å²) >= 11 is 7.69.